The van der Waals surface area contributed by atoms with Gasteiger partial charge in [0.05, 0.1) is 15.9 Å². The molecule has 1 fully saturated rings. The van der Waals surface area contributed by atoms with Crippen LogP contribution in [0.2, 0.25) is 0 Å². The van der Waals surface area contributed by atoms with Gasteiger partial charge in [0.15, 0.2) is 4.96 Å². The van der Waals surface area contributed by atoms with Crippen molar-refractivity contribution in [2.45, 2.75) is 12.5 Å². The zero-order valence-corrected chi connectivity index (χ0v) is 17.3. The summed E-state index contributed by atoms with van der Waals surface area (Å²) in [6.07, 6.45) is 2.96. The molecule has 2 aromatic carbocycles. The van der Waals surface area contributed by atoms with Gasteiger partial charge in [-0.1, -0.05) is 23.5 Å². The van der Waals surface area contributed by atoms with Gasteiger partial charge in [-0.05, 0) is 43.3 Å². The molecule has 1 aliphatic rings. The van der Waals surface area contributed by atoms with E-state index in [1.165, 1.54) is 0 Å². The van der Waals surface area contributed by atoms with Crippen LogP contribution in [-0.4, -0.2) is 47.4 Å². The fourth-order valence-electron chi connectivity index (χ4n) is 3.76. The van der Waals surface area contributed by atoms with Gasteiger partial charge in [-0.25, -0.2) is 4.98 Å². The van der Waals surface area contributed by atoms with Crippen LogP contribution in [0.1, 0.15) is 27.1 Å². The van der Waals surface area contributed by atoms with Crippen molar-refractivity contribution in [3.63, 3.8) is 0 Å². The number of hydrogen-bond acceptors (Lipinski definition) is 5. The Morgan fingerprint density at radius 2 is 1.93 bits per heavy atom. The quantitative estimate of drug-likeness (QED) is 0.475. The number of carbonyl (C=O) groups is 2. The summed E-state index contributed by atoms with van der Waals surface area (Å²) in [6, 6.07) is 13.4. The number of rotatable bonds is 4. The van der Waals surface area contributed by atoms with E-state index in [0.717, 1.165) is 45.9 Å². The van der Waals surface area contributed by atoms with E-state index in [9.17, 15) is 9.59 Å². The van der Waals surface area contributed by atoms with Gasteiger partial charge in [0.1, 0.15) is 0 Å². The summed E-state index contributed by atoms with van der Waals surface area (Å²) in [6.45, 7) is 1.77. The molecule has 5 rings (SSSR count). The Kier molecular flexibility index (Phi) is 4.72. The average Bonchev–Trinajstić information content (AvgIpc) is 3.49. The maximum atomic E-state index is 12.5. The minimum atomic E-state index is -0.109. The number of amides is 2. The normalized spacial score (nSPS) is 16.2. The van der Waals surface area contributed by atoms with Crippen molar-refractivity contribution in [1.29, 1.82) is 0 Å². The van der Waals surface area contributed by atoms with Crippen LogP contribution < -0.4 is 16.0 Å². The molecule has 0 aliphatic carbocycles. The summed E-state index contributed by atoms with van der Waals surface area (Å²) in [5.41, 5.74) is 4.11. The largest absolute Gasteiger partial charge is 0.355 e. The molecule has 7 nitrogen and oxygen atoms in total. The van der Waals surface area contributed by atoms with Crippen LogP contribution in [0.3, 0.4) is 0 Å². The molecule has 8 heteroatoms. The summed E-state index contributed by atoms with van der Waals surface area (Å²) in [5.74, 6) is -0.143. The molecule has 30 heavy (non-hydrogen) atoms. The fourth-order valence-corrected chi connectivity index (χ4v) is 4.81. The zero-order chi connectivity index (χ0) is 20.7. The lowest BCUT2D eigenvalue weighted by Gasteiger charge is -2.11. The SMILES string of the molecule is CNC(=O)c1ccc(-c2cn3c(n2)sc2cc(C(=O)N[C@H]4CCNC4)ccc23)cc1. The van der Waals surface area contributed by atoms with Gasteiger partial charge < -0.3 is 16.0 Å². The van der Waals surface area contributed by atoms with Crippen molar-refractivity contribution in [2.24, 2.45) is 0 Å². The van der Waals surface area contributed by atoms with Crippen LogP contribution in [0.5, 0.6) is 0 Å². The number of thiazole rings is 1. The van der Waals surface area contributed by atoms with Crippen LogP contribution in [0.15, 0.2) is 48.7 Å². The lowest BCUT2D eigenvalue weighted by atomic mass is 10.1. The Labute approximate surface area is 177 Å². The van der Waals surface area contributed by atoms with E-state index in [1.807, 2.05) is 40.9 Å². The summed E-state index contributed by atoms with van der Waals surface area (Å²) in [7, 11) is 1.62. The lowest BCUT2D eigenvalue weighted by molar-refractivity contribution is 0.0937. The van der Waals surface area contributed by atoms with E-state index in [0.29, 0.717) is 11.1 Å². The van der Waals surface area contributed by atoms with Crippen molar-refractivity contribution in [2.75, 3.05) is 20.1 Å². The van der Waals surface area contributed by atoms with Gasteiger partial charge in [0.2, 0.25) is 0 Å². The minimum Gasteiger partial charge on any atom is -0.355 e. The zero-order valence-electron chi connectivity index (χ0n) is 16.4. The fraction of sp³-hybridized carbons (Fsp3) is 0.227. The number of imidazole rings is 1. The molecule has 0 unspecified atom stereocenters. The van der Waals surface area contributed by atoms with E-state index in [4.69, 9.17) is 4.98 Å². The highest BCUT2D eigenvalue weighted by atomic mass is 32.1. The third-order valence-corrected chi connectivity index (χ3v) is 6.44. The number of benzene rings is 2. The molecule has 0 spiro atoms. The Morgan fingerprint density at radius 1 is 1.13 bits per heavy atom. The van der Waals surface area contributed by atoms with Gasteiger partial charge in [0, 0.05) is 42.5 Å². The monoisotopic (exact) mass is 419 g/mol. The third-order valence-electron chi connectivity index (χ3n) is 5.42. The standard InChI is InChI=1S/C22H21N5O2S/c1-23-20(28)14-4-2-13(3-5-14)17-12-27-18-7-6-15(10-19(18)30-22(27)26-17)21(29)25-16-8-9-24-11-16/h2-7,10,12,16,24H,8-9,11H2,1H3,(H,23,28)(H,25,29)/t16-/m0/s1. The van der Waals surface area contributed by atoms with E-state index >= 15 is 0 Å². The van der Waals surface area contributed by atoms with Crippen molar-refractivity contribution in [3.05, 3.63) is 59.8 Å². The predicted molar refractivity (Wildman–Crippen MR) is 118 cm³/mol. The number of nitrogens with zero attached hydrogens (tertiary/aromatic N) is 2. The molecule has 0 radical (unpaired) electrons. The molecule has 0 saturated carbocycles. The minimum absolute atomic E-state index is 0.0338. The van der Waals surface area contributed by atoms with Gasteiger partial charge in [-0.15, -0.1) is 0 Å². The molecule has 1 aliphatic heterocycles. The molecule has 4 aromatic rings. The first-order chi connectivity index (χ1) is 14.6. The number of fused-ring (bicyclic) bond motifs is 3. The second-order valence-corrected chi connectivity index (χ2v) is 8.39. The second kappa shape index (κ2) is 7.55. The van der Waals surface area contributed by atoms with Crippen molar-refractivity contribution >= 4 is 38.3 Å². The lowest BCUT2D eigenvalue weighted by Crippen LogP contribution is -2.36. The average molecular weight is 420 g/mol. The maximum absolute atomic E-state index is 12.5. The molecule has 152 valence electrons. The summed E-state index contributed by atoms with van der Waals surface area (Å²) in [5, 5.41) is 8.97. The first kappa shape index (κ1) is 18.8. The van der Waals surface area contributed by atoms with Crippen LogP contribution in [0, 0.1) is 0 Å². The van der Waals surface area contributed by atoms with Crippen LogP contribution in [-0.2, 0) is 0 Å². The molecule has 3 heterocycles. The Morgan fingerprint density at radius 3 is 2.67 bits per heavy atom. The number of carbonyl (C=O) groups excluding carboxylic acids is 2. The molecule has 2 amide bonds. The van der Waals surface area contributed by atoms with Crippen LogP contribution >= 0.6 is 11.3 Å². The van der Waals surface area contributed by atoms with Crippen molar-refractivity contribution in [1.82, 2.24) is 25.3 Å². The van der Waals surface area contributed by atoms with E-state index in [-0.39, 0.29) is 17.9 Å². The van der Waals surface area contributed by atoms with E-state index in [1.54, 1.807) is 30.5 Å². The van der Waals surface area contributed by atoms with Gasteiger partial charge in [-0.3, -0.25) is 14.0 Å². The summed E-state index contributed by atoms with van der Waals surface area (Å²) >= 11 is 1.56. The Hall–Kier alpha value is -3.23. The second-order valence-electron chi connectivity index (χ2n) is 7.38. The molecule has 3 N–H and O–H groups in total. The molecule has 0 bridgehead atoms. The van der Waals surface area contributed by atoms with Gasteiger partial charge in [0.25, 0.3) is 11.8 Å². The van der Waals surface area contributed by atoms with Crippen molar-refractivity contribution < 1.29 is 9.59 Å². The highest BCUT2D eigenvalue weighted by Gasteiger charge is 2.18. The summed E-state index contributed by atoms with van der Waals surface area (Å²) in [4.78, 5) is 29.9. The molecular formula is C22H21N5O2S. The third kappa shape index (κ3) is 3.34. The van der Waals surface area contributed by atoms with Crippen LogP contribution in [0.25, 0.3) is 26.4 Å². The molecule has 1 saturated heterocycles. The van der Waals surface area contributed by atoms with Crippen LogP contribution in [0.4, 0.5) is 0 Å². The number of aromatic nitrogens is 2. The highest BCUT2D eigenvalue weighted by Crippen LogP contribution is 2.30. The smallest absolute Gasteiger partial charge is 0.251 e. The Bertz CT molecular complexity index is 1250. The molecular weight excluding hydrogens is 398 g/mol. The molecule has 2 aromatic heterocycles. The number of nitrogens with one attached hydrogen (secondary N) is 3. The van der Waals surface area contributed by atoms with Gasteiger partial charge >= 0.3 is 0 Å². The van der Waals surface area contributed by atoms with Crippen molar-refractivity contribution in [3.8, 4) is 11.3 Å². The Balaban J connectivity index is 1.43. The molecule has 1 atom stereocenters. The number of hydrogen-bond donors (Lipinski definition) is 3. The summed E-state index contributed by atoms with van der Waals surface area (Å²) < 4.78 is 3.07. The topological polar surface area (TPSA) is 87.5 Å². The van der Waals surface area contributed by atoms with Gasteiger partial charge in [-0.2, -0.15) is 0 Å². The first-order valence-corrected chi connectivity index (χ1v) is 10.7. The maximum Gasteiger partial charge on any atom is 0.251 e. The predicted octanol–water partition coefficient (Wildman–Crippen LogP) is 2.67. The highest BCUT2D eigenvalue weighted by molar-refractivity contribution is 7.23. The first-order valence-electron chi connectivity index (χ1n) is 9.88. The van der Waals surface area contributed by atoms with E-state index in [2.05, 4.69) is 16.0 Å². The van der Waals surface area contributed by atoms with E-state index < -0.39 is 0 Å².